The van der Waals surface area contributed by atoms with Crippen molar-refractivity contribution in [1.82, 2.24) is 0 Å². The van der Waals surface area contributed by atoms with E-state index in [1.165, 1.54) is 12.8 Å². The van der Waals surface area contributed by atoms with Gasteiger partial charge in [-0.3, -0.25) is 0 Å². The van der Waals surface area contributed by atoms with Gasteiger partial charge in [0, 0.05) is 18.7 Å². The lowest BCUT2D eigenvalue weighted by Gasteiger charge is -2.28. The zero-order valence-corrected chi connectivity index (χ0v) is 12.9. The minimum atomic E-state index is -0.643. The van der Waals surface area contributed by atoms with Crippen LogP contribution in [0, 0.1) is 0 Å². The Balaban J connectivity index is 2.08. The number of ether oxygens (including phenoxy) is 2. The van der Waals surface area contributed by atoms with Crippen LogP contribution in [-0.4, -0.2) is 31.5 Å². The molecular weight excluding hydrogens is 268 g/mol. The molecule has 0 spiro atoms. The van der Waals surface area contributed by atoms with E-state index in [0.717, 1.165) is 31.4 Å². The SMILES string of the molecule is COc1cc(N)c(NCC2(O)CCCCCC2)cc1OC. The molecule has 2 rings (SSSR count). The molecule has 1 aromatic rings. The van der Waals surface area contributed by atoms with Crippen LogP contribution in [0.5, 0.6) is 11.5 Å². The highest BCUT2D eigenvalue weighted by Gasteiger charge is 2.27. The van der Waals surface area contributed by atoms with Crippen molar-refractivity contribution in [1.29, 1.82) is 0 Å². The van der Waals surface area contributed by atoms with Crippen molar-refractivity contribution in [2.75, 3.05) is 31.8 Å². The van der Waals surface area contributed by atoms with Gasteiger partial charge in [0.15, 0.2) is 11.5 Å². The van der Waals surface area contributed by atoms with Crippen LogP contribution >= 0.6 is 0 Å². The molecule has 0 heterocycles. The molecule has 1 fully saturated rings. The van der Waals surface area contributed by atoms with Gasteiger partial charge in [-0.05, 0) is 12.8 Å². The van der Waals surface area contributed by atoms with Crippen molar-refractivity contribution < 1.29 is 14.6 Å². The number of hydrogen-bond donors (Lipinski definition) is 3. The van der Waals surface area contributed by atoms with Crippen molar-refractivity contribution in [2.24, 2.45) is 0 Å². The van der Waals surface area contributed by atoms with Gasteiger partial charge >= 0.3 is 0 Å². The van der Waals surface area contributed by atoms with Crippen LogP contribution in [0.4, 0.5) is 11.4 Å². The molecule has 0 bridgehead atoms. The lowest BCUT2D eigenvalue weighted by Crippen LogP contribution is -2.36. The summed E-state index contributed by atoms with van der Waals surface area (Å²) in [4.78, 5) is 0. The second-order valence-corrected chi connectivity index (χ2v) is 5.79. The van der Waals surface area contributed by atoms with E-state index in [-0.39, 0.29) is 0 Å². The smallest absolute Gasteiger partial charge is 0.162 e. The number of methoxy groups -OCH3 is 2. The molecular formula is C16H26N2O3. The molecule has 0 radical (unpaired) electrons. The molecule has 5 heteroatoms. The molecule has 1 aromatic carbocycles. The third-order valence-corrected chi connectivity index (χ3v) is 4.20. The van der Waals surface area contributed by atoms with Crippen LogP contribution in [0.25, 0.3) is 0 Å². The number of rotatable bonds is 5. The van der Waals surface area contributed by atoms with E-state index < -0.39 is 5.60 Å². The summed E-state index contributed by atoms with van der Waals surface area (Å²) in [7, 11) is 3.18. The highest BCUT2D eigenvalue weighted by Crippen LogP contribution is 2.35. The monoisotopic (exact) mass is 294 g/mol. The molecule has 4 N–H and O–H groups in total. The summed E-state index contributed by atoms with van der Waals surface area (Å²) in [5.74, 6) is 1.23. The van der Waals surface area contributed by atoms with Crippen molar-refractivity contribution in [3.8, 4) is 11.5 Å². The van der Waals surface area contributed by atoms with E-state index in [9.17, 15) is 5.11 Å². The number of nitrogen functional groups attached to an aromatic ring is 1. The maximum atomic E-state index is 10.7. The van der Waals surface area contributed by atoms with E-state index in [1.54, 1.807) is 20.3 Å². The summed E-state index contributed by atoms with van der Waals surface area (Å²) >= 11 is 0. The Kier molecular flexibility index (Phi) is 5.17. The Hall–Kier alpha value is -1.62. The van der Waals surface area contributed by atoms with E-state index in [0.29, 0.717) is 23.7 Å². The van der Waals surface area contributed by atoms with Gasteiger partial charge in [0.05, 0.1) is 31.2 Å². The summed E-state index contributed by atoms with van der Waals surface area (Å²) in [5, 5.41) is 13.9. The minimum absolute atomic E-state index is 0.507. The fraction of sp³-hybridized carbons (Fsp3) is 0.625. The highest BCUT2D eigenvalue weighted by molar-refractivity contribution is 5.72. The number of nitrogens with one attached hydrogen (secondary N) is 1. The molecule has 0 aromatic heterocycles. The summed E-state index contributed by atoms with van der Waals surface area (Å²) in [6.07, 6.45) is 6.27. The van der Waals surface area contributed by atoms with Crippen molar-refractivity contribution in [2.45, 2.75) is 44.1 Å². The minimum Gasteiger partial charge on any atom is -0.493 e. The van der Waals surface area contributed by atoms with Crippen LogP contribution in [0.1, 0.15) is 38.5 Å². The molecule has 21 heavy (non-hydrogen) atoms. The first-order chi connectivity index (χ1) is 10.1. The van der Waals surface area contributed by atoms with Crippen LogP contribution in [0.15, 0.2) is 12.1 Å². The Morgan fingerprint density at radius 1 is 1.10 bits per heavy atom. The zero-order valence-electron chi connectivity index (χ0n) is 12.9. The Morgan fingerprint density at radius 2 is 1.67 bits per heavy atom. The fourth-order valence-corrected chi connectivity index (χ4v) is 2.87. The predicted molar refractivity (Wildman–Crippen MR) is 85.1 cm³/mol. The van der Waals surface area contributed by atoms with Crippen molar-refractivity contribution in [3.63, 3.8) is 0 Å². The molecule has 0 aliphatic heterocycles. The van der Waals surface area contributed by atoms with Crippen molar-refractivity contribution >= 4 is 11.4 Å². The third-order valence-electron chi connectivity index (χ3n) is 4.20. The first kappa shape index (κ1) is 15.8. The molecule has 5 nitrogen and oxygen atoms in total. The van der Waals surface area contributed by atoms with Crippen LogP contribution in [0.2, 0.25) is 0 Å². The molecule has 0 atom stereocenters. The average molecular weight is 294 g/mol. The van der Waals surface area contributed by atoms with Gasteiger partial charge in [-0.2, -0.15) is 0 Å². The first-order valence-corrected chi connectivity index (χ1v) is 7.56. The Labute approximate surface area is 126 Å². The summed E-state index contributed by atoms with van der Waals surface area (Å²) < 4.78 is 10.5. The molecule has 118 valence electrons. The quantitative estimate of drug-likeness (QED) is 0.575. The van der Waals surface area contributed by atoms with Crippen LogP contribution in [0.3, 0.4) is 0 Å². The van der Waals surface area contributed by atoms with Gasteiger partial charge in [-0.25, -0.2) is 0 Å². The topological polar surface area (TPSA) is 76.7 Å². The van der Waals surface area contributed by atoms with Crippen LogP contribution in [-0.2, 0) is 0 Å². The second kappa shape index (κ2) is 6.89. The van der Waals surface area contributed by atoms with Gasteiger partial charge in [0.25, 0.3) is 0 Å². The second-order valence-electron chi connectivity index (χ2n) is 5.79. The number of anilines is 2. The lowest BCUT2D eigenvalue weighted by atomic mass is 9.94. The van der Waals surface area contributed by atoms with E-state index in [2.05, 4.69) is 5.32 Å². The maximum Gasteiger partial charge on any atom is 0.162 e. The van der Waals surface area contributed by atoms with E-state index in [4.69, 9.17) is 15.2 Å². The van der Waals surface area contributed by atoms with Gasteiger partial charge in [0.1, 0.15) is 0 Å². The average Bonchev–Trinajstić information content (AvgIpc) is 2.71. The molecule has 1 aliphatic carbocycles. The molecule has 0 amide bonds. The standard InChI is InChI=1S/C16H26N2O3/c1-20-14-9-12(17)13(10-15(14)21-2)18-11-16(19)7-5-3-4-6-8-16/h9-10,18-19H,3-8,11,17H2,1-2H3. The van der Waals surface area contributed by atoms with E-state index >= 15 is 0 Å². The number of nitrogens with two attached hydrogens (primary N) is 1. The van der Waals surface area contributed by atoms with Gasteiger partial charge in [0.2, 0.25) is 0 Å². The Morgan fingerprint density at radius 3 is 2.24 bits per heavy atom. The van der Waals surface area contributed by atoms with Gasteiger partial charge in [-0.1, -0.05) is 25.7 Å². The normalized spacial score (nSPS) is 17.9. The summed E-state index contributed by atoms with van der Waals surface area (Å²) in [6, 6.07) is 3.55. The maximum absolute atomic E-state index is 10.7. The molecule has 0 unspecified atom stereocenters. The largest absolute Gasteiger partial charge is 0.493 e. The highest BCUT2D eigenvalue weighted by atomic mass is 16.5. The lowest BCUT2D eigenvalue weighted by molar-refractivity contribution is 0.0381. The number of benzene rings is 1. The molecule has 1 aliphatic rings. The number of hydrogen-bond acceptors (Lipinski definition) is 5. The fourth-order valence-electron chi connectivity index (χ4n) is 2.87. The molecule has 1 saturated carbocycles. The third kappa shape index (κ3) is 3.94. The molecule has 0 saturated heterocycles. The predicted octanol–water partition coefficient (Wildman–Crippen LogP) is 2.78. The summed E-state index contributed by atoms with van der Waals surface area (Å²) in [6.45, 7) is 0.507. The summed E-state index contributed by atoms with van der Waals surface area (Å²) in [5.41, 5.74) is 6.74. The first-order valence-electron chi connectivity index (χ1n) is 7.56. The van der Waals surface area contributed by atoms with Crippen molar-refractivity contribution in [3.05, 3.63) is 12.1 Å². The van der Waals surface area contributed by atoms with E-state index in [1.807, 2.05) is 6.07 Å². The number of aliphatic hydroxyl groups is 1. The zero-order chi connectivity index (χ0) is 15.3. The van der Waals surface area contributed by atoms with Crippen LogP contribution < -0.4 is 20.5 Å². The van der Waals surface area contributed by atoms with Gasteiger partial charge < -0.3 is 25.6 Å². The Bertz CT molecular complexity index is 469. The van der Waals surface area contributed by atoms with Gasteiger partial charge in [-0.15, -0.1) is 0 Å².